The van der Waals surface area contributed by atoms with Crippen molar-refractivity contribution in [2.75, 3.05) is 0 Å². The Bertz CT molecular complexity index is 675. The second-order valence-electron chi connectivity index (χ2n) is 4.07. The number of hydrogen-bond donors (Lipinski definition) is 0. The quantitative estimate of drug-likeness (QED) is 0.629. The topological polar surface area (TPSA) is 25.8 Å². The van der Waals surface area contributed by atoms with Gasteiger partial charge in [-0.25, -0.2) is 0 Å². The van der Waals surface area contributed by atoms with Crippen molar-refractivity contribution in [3.05, 3.63) is 60.7 Å². The number of hydrogen-bond acceptors (Lipinski definition) is 2. The van der Waals surface area contributed by atoms with Crippen LogP contribution in [0.5, 0.6) is 0 Å². The lowest BCUT2D eigenvalue weighted by atomic mass is 10.0. The van der Waals surface area contributed by atoms with E-state index in [1.54, 1.807) is 0 Å². The molecule has 0 aliphatic heterocycles. The van der Waals surface area contributed by atoms with Crippen LogP contribution in [0, 0.1) is 6.92 Å². The zero-order valence-electron chi connectivity index (χ0n) is 11.6. The third-order valence-electron chi connectivity index (χ3n) is 2.96. The minimum Gasteiger partial charge on any atom is -0.264 e. The Hall–Kier alpha value is -2.22. The summed E-state index contributed by atoms with van der Waals surface area (Å²) in [5.41, 5.74) is 3.45. The number of nitrogens with zero attached hydrogens (tertiary/aromatic N) is 2. The van der Waals surface area contributed by atoms with E-state index in [4.69, 9.17) is 0 Å². The first-order valence-corrected chi connectivity index (χ1v) is 6.60. The number of rotatable bonds is 1. The van der Waals surface area contributed by atoms with Crippen molar-refractivity contribution < 1.29 is 0 Å². The molecule has 2 nitrogen and oxygen atoms in total. The van der Waals surface area contributed by atoms with E-state index < -0.39 is 0 Å². The van der Waals surface area contributed by atoms with Gasteiger partial charge in [0.05, 0.1) is 0 Å². The van der Waals surface area contributed by atoms with Gasteiger partial charge in [0.1, 0.15) is 0 Å². The predicted molar refractivity (Wildman–Crippen MR) is 81.1 cm³/mol. The van der Waals surface area contributed by atoms with Crippen LogP contribution in [0.25, 0.3) is 21.9 Å². The zero-order valence-corrected chi connectivity index (χ0v) is 11.6. The highest BCUT2D eigenvalue weighted by molar-refractivity contribution is 5.86. The van der Waals surface area contributed by atoms with Gasteiger partial charge in [0.15, 0.2) is 0 Å². The lowest BCUT2D eigenvalue weighted by Crippen LogP contribution is -1.86. The molecule has 0 saturated carbocycles. The summed E-state index contributed by atoms with van der Waals surface area (Å²) < 4.78 is 0. The number of benzene rings is 1. The molecule has 0 radical (unpaired) electrons. The third kappa shape index (κ3) is 2.79. The predicted octanol–water partition coefficient (Wildman–Crippen LogP) is 4.63. The molecule has 19 heavy (non-hydrogen) atoms. The summed E-state index contributed by atoms with van der Waals surface area (Å²) in [6.07, 6.45) is 5.53. The van der Waals surface area contributed by atoms with Crippen LogP contribution >= 0.6 is 0 Å². The first-order valence-electron chi connectivity index (χ1n) is 6.60. The monoisotopic (exact) mass is 250 g/mol. The maximum atomic E-state index is 4.32. The fraction of sp³-hybridized carbons (Fsp3) is 0.176. The second-order valence-corrected chi connectivity index (χ2v) is 4.07. The fourth-order valence-corrected chi connectivity index (χ4v) is 2.04. The van der Waals surface area contributed by atoms with E-state index in [1.807, 2.05) is 51.5 Å². The summed E-state index contributed by atoms with van der Waals surface area (Å²) in [5, 5.41) is 2.37. The summed E-state index contributed by atoms with van der Waals surface area (Å²) in [6.45, 7) is 6.03. The lowest BCUT2D eigenvalue weighted by molar-refractivity contribution is 1.20. The molecule has 3 rings (SSSR count). The van der Waals surface area contributed by atoms with Gasteiger partial charge in [-0.2, -0.15) is 0 Å². The van der Waals surface area contributed by atoms with Crippen LogP contribution in [-0.4, -0.2) is 9.97 Å². The van der Waals surface area contributed by atoms with E-state index in [0.29, 0.717) is 0 Å². The number of fused-ring (bicyclic) bond motifs is 1. The summed E-state index contributed by atoms with van der Waals surface area (Å²) >= 11 is 0. The Balaban J connectivity index is 0.000000637. The zero-order chi connectivity index (χ0) is 13.7. The van der Waals surface area contributed by atoms with Crippen molar-refractivity contribution in [1.29, 1.82) is 0 Å². The van der Waals surface area contributed by atoms with Gasteiger partial charge in [-0.1, -0.05) is 32.0 Å². The molecule has 0 aliphatic carbocycles. The van der Waals surface area contributed by atoms with Gasteiger partial charge in [-0.3, -0.25) is 9.97 Å². The largest absolute Gasteiger partial charge is 0.264 e. The molecular formula is C17H18N2. The van der Waals surface area contributed by atoms with Gasteiger partial charge in [-0.05, 0) is 36.1 Å². The Kier molecular flexibility index (Phi) is 4.24. The normalized spacial score (nSPS) is 9.84. The van der Waals surface area contributed by atoms with Gasteiger partial charge in [-0.15, -0.1) is 0 Å². The maximum Gasteiger partial charge on any atom is 0.0450 e. The molecule has 96 valence electrons. The molecule has 2 aromatic heterocycles. The summed E-state index contributed by atoms with van der Waals surface area (Å²) in [6, 6.07) is 12.5. The van der Waals surface area contributed by atoms with Crippen LogP contribution in [0.4, 0.5) is 0 Å². The van der Waals surface area contributed by atoms with Crippen LogP contribution in [0.1, 0.15) is 19.5 Å². The standard InChI is InChI=1S/C15H12N2.C2H6/c1-11-15(3-2-7-17-11)13-4-5-14-10-16-8-6-12(14)9-13;1-2/h2-10H,1H3;1-2H3. The van der Waals surface area contributed by atoms with Gasteiger partial charge >= 0.3 is 0 Å². The number of pyridine rings is 2. The molecule has 0 fully saturated rings. The SMILES string of the molecule is CC.Cc1ncccc1-c1ccc2cnccc2c1. The molecular weight excluding hydrogens is 232 g/mol. The van der Waals surface area contributed by atoms with E-state index >= 15 is 0 Å². The van der Waals surface area contributed by atoms with Crippen molar-refractivity contribution in [1.82, 2.24) is 9.97 Å². The minimum atomic E-state index is 1.06. The van der Waals surface area contributed by atoms with E-state index in [1.165, 1.54) is 16.5 Å². The molecule has 0 N–H and O–H groups in total. The van der Waals surface area contributed by atoms with E-state index in [-0.39, 0.29) is 0 Å². The number of aromatic nitrogens is 2. The van der Waals surface area contributed by atoms with Crippen molar-refractivity contribution in [3.8, 4) is 11.1 Å². The Labute approximate surface area is 114 Å². The first-order chi connectivity index (χ1) is 9.34. The molecule has 0 aliphatic rings. The average Bonchev–Trinajstić information content (AvgIpc) is 2.49. The van der Waals surface area contributed by atoms with Crippen molar-refractivity contribution >= 4 is 10.8 Å². The molecule has 1 aromatic carbocycles. The van der Waals surface area contributed by atoms with Crippen LogP contribution < -0.4 is 0 Å². The van der Waals surface area contributed by atoms with Gasteiger partial charge in [0.2, 0.25) is 0 Å². The number of aryl methyl sites for hydroxylation is 1. The Morgan fingerprint density at radius 3 is 2.53 bits per heavy atom. The van der Waals surface area contributed by atoms with Gasteiger partial charge < -0.3 is 0 Å². The smallest absolute Gasteiger partial charge is 0.0450 e. The summed E-state index contributed by atoms with van der Waals surface area (Å²) in [7, 11) is 0. The molecule has 0 amide bonds. The van der Waals surface area contributed by atoms with E-state index in [9.17, 15) is 0 Å². The molecule has 2 heteroatoms. The first kappa shape index (κ1) is 13.2. The molecule has 0 spiro atoms. The third-order valence-corrected chi connectivity index (χ3v) is 2.96. The van der Waals surface area contributed by atoms with Gasteiger partial charge in [0.25, 0.3) is 0 Å². The Morgan fingerprint density at radius 2 is 1.74 bits per heavy atom. The van der Waals surface area contributed by atoms with E-state index in [2.05, 4.69) is 34.2 Å². The van der Waals surface area contributed by atoms with Crippen LogP contribution in [0.15, 0.2) is 55.0 Å². The highest BCUT2D eigenvalue weighted by Gasteiger charge is 2.02. The molecule has 0 saturated heterocycles. The molecule has 0 atom stereocenters. The Morgan fingerprint density at radius 1 is 0.895 bits per heavy atom. The minimum absolute atomic E-state index is 1.06. The van der Waals surface area contributed by atoms with Crippen LogP contribution in [0.3, 0.4) is 0 Å². The molecule has 0 bridgehead atoms. The van der Waals surface area contributed by atoms with Crippen LogP contribution in [-0.2, 0) is 0 Å². The van der Waals surface area contributed by atoms with Crippen molar-refractivity contribution in [2.24, 2.45) is 0 Å². The molecule has 2 heterocycles. The van der Waals surface area contributed by atoms with E-state index in [0.717, 1.165) is 11.1 Å². The molecule has 3 aromatic rings. The highest BCUT2D eigenvalue weighted by atomic mass is 14.7. The second kappa shape index (κ2) is 6.10. The van der Waals surface area contributed by atoms with Crippen LogP contribution in [0.2, 0.25) is 0 Å². The molecule has 0 unspecified atom stereocenters. The fourth-order valence-electron chi connectivity index (χ4n) is 2.04. The summed E-state index contributed by atoms with van der Waals surface area (Å²) in [4.78, 5) is 8.44. The van der Waals surface area contributed by atoms with Crippen molar-refractivity contribution in [3.63, 3.8) is 0 Å². The maximum absolute atomic E-state index is 4.32. The lowest BCUT2D eigenvalue weighted by Gasteiger charge is -2.06. The average molecular weight is 250 g/mol. The highest BCUT2D eigenvalue weighted by Crippen LogP contribution is 2.25. The summed E-state index contributed by atoms with van der Waals surface area (Å²) in [5.74, 6) is 0. The van der Waals surface area contributed by atoms with Gasteiger partial charge in [0, 0.05) is 35.2 Å². The van der Waals surface area contributed by atoms with Crippen molar-refractivity contribution in [2.45, 2.75) is 20.8 Å².